The van der Waals surface area contributed by atoms with Crippen LogP contribution in [-0.2, 0) is 23.1 Å². The van der Waals surface area contributed by atoms with Crippen LogP contribution < -0.4 is 10.1 Å². The normalized spacial score (nSPS) is 18.3. The van der Waals surface area contributed by atoms with Gasteiger partial charge in [-0.05, 0) is 24.1 Å². The maximum Gasteiger partial charge on any atom is 0.279 e. The molecule has 1 atom stereocenters. The van der Waals surface area contributed by atoms with Crippen molar-refractivity contribution >= 4 is 29.1 Å². The van der Waals surface area contributed by atoms with Gasteiger partial charge < -0.3 is 4.57 Å². The minimum Gasteiger partial charge on any atom is -0.327 e. The third-order valence-electron chi connectivity index (χ3n) is 3.71. The van der Waals surface area contributed by atoms with Crippen molar-refractivity contribution in [3.8, 4) is 0 Å². The Balaban J connectivity index is 1.72. The highest BCUT2D eigenvalue weighted by Gasteiger charge is 2.30. The van der Waals surface area contributed by atoms with E-state index in [2.05, 4.69) is 10.3 Å². The Bertz CT molecular complexity index is 833. The van der Waals surface area contributed by atoms with Crippen molar-refractivity contribution in [2.45, 2.75) is 12.8 Å². The largest absolute Gasteiger partial charge is 0.327 e. The summed E-state index contributed by atoms with van der Waals surface area (Å²) in [6, 6.07) is 6.99. The number of aromatic nitrogens is 1. The molecule has 7 heteroatoms. The molecule has 0 bridgehead atoms. The van der Waals surface area contributed by atoms with Crippen molar-refractivity contribution in [1.82, 2.24) is 9.88 Å². The lowest BCUT2D eigenvalue weighted by atomic mass is 9.97. The number of carbonyl (C=O) groups is 3. The number of hydrogen-bond acceptors (Lipinski definition) is 4. The van der Waals surface area contributed by atoms with Gasteiger partial charge >= 0.3 is 0 Å². The first-order chi connectivity index (χ1) is 11.0. The van der Waals surface area contributed by atoms with Gasteiger partial charge in [0.1, 0.15) is 0 Å². The summed E-state index contributed by atoms with van der Waals surface area (Å²) in [7, 11) is 1.83. The molecule has 23 heavy (non-hydrogen) atoms. The molecule has 3 rings (SSSR count). The summed E-state index contributed by atoms with van der Waals surface area (Å²) in [5.41, 5.74) is 1.41. The molecular formula is C16H15N3O3S. The molecule has 0 radical (unpaired) electrons. The van der Waals surface area contributed by atoms with Gasteiger partial charge in [-0.3, -0.25) is 19.7 Å². The summed E-state index contributed by atoms with van der Waals surface area (Å²) < 4.78 is 1.78. The smallest absolute Gasteiger partial charge is 0.279 e. The Labute approximate surface area is 136 Å². The van der Waals surface area contributed by atoms with Crippen LogP contribution in [0.15, 0.2) is 40.8 Å². The SMILES string of the molecule is Cn1ccsc1=NC(=O)c1ccc(C[C@@H]2CC(=O)NC2=O)cc1. The van der Waals surface area contributed by atoms with Crippen LogP contribution in [-0.4, -0.2) is 22.3 Å². The Kier molecular flexibility index (Phi) is 4.20. The first-order valence-corrected chi connectivity index (χ1v) is 8.03. The number of benzene rings is 1. The number of aryl methyl sites for hydroxylation is 1. The zero-order chi connectivity index (χ0) is 16.4. The van der Waals surface area contributed by atoms with Gasteiger partial charge in [-0.15, -0.1) is 11.3 Å². The minimum atomic E-state index is -0.320. The number of amides is 3. The molecule has 2 aromatic rings. The van der Waals surface area contributed by atoms with Gasteiger partial charge in [0.25, 0.3) is 5.91 Å². The average molecular weight is 329 g/mol. The number of rotatable bonds is 3. The van der Waals surface area contributed by atoms with E-state index in [4.69, 9.17) is 0 Å². The highest BCUT2D eigenvalue weighted by Crippen LogP contribution is 2.17. The van der Waals surface area contributed by atoms with Gasteiger partial charge in [0.2, 0.25) is 11.8 Å². The molecule has 0 spiro atoms. The van der Waals surface area contributed by atoms with Gasteiger partial charge in [0, 0.05) is 30.6 Å². The van der Waals surface area contributed by atoms with E-state index in [1.807, 2.05) is 18.6 Å². The predicted molar refractivity (Wildman–Crippen MR) is 84.6 cm³/mol. The molecule has 1 saturated heterocycles. The topological polar surface area (TPSA) is 80.5 Å². The molecular weight excluding hydrogens is 314 g/mol. The van der Waals surface area contributed by atoms with Gasteiger partial charge in [0.05, 0.1) is 5.92 Å². The van der Waals surface area contributed by atoms with E-state index in [0.717, 1.165) is 5.56 Å². The number of imide groups is 1. The fourth-order valence-corrected chi connectivity index (χ4v) is 3.15. The summed E-state index contributed by atoms with van der Waals surface area (Å²) in [6.07, 6.45) is 2.56. The summed E-state index contributed by atoms with van der Waals surface area (Å²) in [4.78, 5) is 39.6. The average Bonchev–Trinajstić information content (AvgIpc) is 3.05. The maximum absolute atomic E-state index is 12.1. The van der Waals surface area contributed by atoms with E-state index in [1.165, 1.54) is 11.3 Å². The fourth-order valence-electron chi connectivity index (χ4n) is 2.43. The molecule has 1 N–H and O–H groups in total. The highest BCUT2D eigenvalue weighted by atomic mass is 32.1. The highest BCUT2D eigenvalue weighted by molar-refractivity contribution is 7.07. The Hall–Kier alpha value is -2.54. The molecule has 1 aromatic heterocycles. The van der Waals surface area contributed by atoms with Crippen LogP contribution in [0.1, 0.15) is 22.3 Å². The van der Waals surface area contributed by atoms with Crippen LogP contribution in [0.3, 0.4) is 0 Å². The number of hydrogen-bond donors (Lipinski definition) is 1. The van der Waals surface area contributed by atoms with Crippen molar-refractivity contribution in [1.29, 1.82) is 0 Å². The van der Waals surface area contributed by atoms with Gasteiger partial charge in [-0.1, -0.05) is 12.1 Å². The molecule has 3 amide bonds. The molecule has 1 aliphatic heterocycles. The Morgan fingerprint density at radius 3 is 2.65 bits per heavy atom. The van der Waals surface area contributed by atoms with Crippen molar-refractivity contribution in [2.24, 2.45) is 18.0 Å². The van der Waals surface area contributed by atoms with Crippen molar-refractivity contribution < 1.29 is 14.4 Å². The number of thiazole rings is 1. The lowest BCUT2D eigenvalue weighted by Gasteiger charge is -2.06. The van der Waals surface area contributed by atoms with E-state index < -0.39 is 0 Å². The molecule has 0 unspecified atom stereocenters. The summed E-state index contributed by atoms with van der Waals surface area (Å²) in [5.74, 6) is -1.08. The van der Waals surface area contributed by atoms with Crippen molar-refractivity contribution in [2.75, 3.05) is 0 Å². The van der Waals surface area contributed by atoms with Crippen LogP contribution in [0.5, 0.6) is 0 Å². The fraction of sp³-hybridized carbons (Fsp3) is 0.250. The second-order valence-electron chi connectivity index (χ2n) is 5.43. The third-order valence-corrected chi connectivity index (χ3v) is 4.55. The zero-order valence-electron chi connectivity index (χ0n) is 12.5. The standard InChI is InChI=1S/C16H15N3O3S/c1-19-6-7-23-16(19)18-14(21)11-4-2-10(3-5-11)8-12-9-13(20)17-15(12)22/h2-7,12H,8-9H2,1H3,(H,17,20,22)/t12-/m1/s1. The predicted octanol–water partition coefficient (Wildman–Crippen LogP) is 1.03. The molecule has 118 valence electrons. The maximum atomic E-state index is 12.1. The third kappa shape index (κ3) is 3.45. The second-order valence-corrected chi connectivity index (χ2v) is 6.30. The molecule has 1 aliphatic rings. The Morgan fingerprint density at radius 1 is 1.35 bits per heavy atom. The van der Waals surface area contributed by atoms with Crippen LogP contribution in [0, 0.1) is 5.92 Å². The van der Waals surface area contributed by atoms with E-state index in [-0.39, 0.29) is 30.1 Å². The van der Waals surface area contributed by atoms with Gasteiger partial charge in [-0.2, -0.15) is 4.99 Å². The lowest BCUT2D eigenvalue weighted by molar-refractivity contribution is -0.125. The number of carbonyl (C=O) groups excluding carboxylic acids is 3. The number of nitrogens with zero attached hydrogens (tertiary/aromatic N) is 2. The van der Waals surface area contributed by atoms with E-state index in [9.17, 15) is 14.4 Å². The lowest BCUT2D eigenvalue weighted by Crippen LogP contribution is -2.22. The Morgan fingerprint density at radius 2 is 2.09 bits per heavy atom. The molecule has 6 nitrogen and oxygen atoms in total. The zero-order valence-corrected chi connectivity index (χ0v) is 13.3. The van der Waals surface area contributed by atoms with Crippen LogP contribution >= 0.6 is 11.3 Å². The second kappa shape index (κ2) is 6.29. The summed E-state index contributed by atoms with van der Waals surface area (Å²) >= 11 is 1.40. The van der Waals surface area contributed by atoms with Crippen LogP contribution in [0.2, 0.25) is 0 Å². The van der Waals surface area contributed by atoms with Crippen LogP contribution in [0.4, 0.5) is 0 Å². The minimum absolute atomic E-state index is 0.226. The first-order valence-electron chi connectivity index (χ1n) is 7.15. The molecule has 1 fully saturated rings. The summed E-state index contributed by atoms with van der Waals surface area (Å²) in [6.45, 7) is 0. The molecule has 0 aliphatic carbocycles. The quantitative estimate of drug-likeness (QED) is 0.854. The number of nitrogens with one attached hydrogen (secondary N) is 1. The van der Waals surface area contributed by atoms with Gasteiger partial charge in [-0.25, -0.2) is 0 Å². The monoisotopic (exact) mass is 329 g/mol. The van der Waals surface area contributed by atoms with E-state index in [0.29, 0.717) is 16.8 Å². The molecule has 1 aromatic carbocycles. The van der Waals surface area contributed by atoms with E-state index in [1.54, 1.807) is 28.8 Å². The van der Waals surface area contributed by atoms with Gasteiger partial charge in [0.15, 0.2) is 4.80 Å². The summed E-state index contributed by atoms with van der Waals surface area (Å²) in [5, 5.41) is 4.16. The molecule has 0 saturated carbocycles. The van der Waals surface area contributed by atoms with E-state index >= 15 is 0 Å². The molecule has 2 heterocycles. The first kappa shape index (κ1) is 15.4. The van der Waals surface area contributed by atoms with Crippen molar-refractivity contribution in [3.05, 3.63) is 51.8 Å². The van der Waals surface area contributed by atoms with Crippen molar-refractivity contribution in [3.63, 3.8) is 0 Å². The van der Waals surface area contributed by atoms with Crippen LogP contribution in [0.25, 0.3) is 0 Å².